The fourth-order valence-corrected chi connectivity index (χ4v) is 3.57. The lowest BCUT2D eigenvalue weighted by Gasteiger charge is -2.12. The average molecular weight is 443 g/mol. The first-order valence-corrected chi connectivity index (χ1v) is 10.6. The van der Waals surface area contributed by atoms with E-state index in [1.807, 2.05) is 24.3 Å². The van der Waals surface area contributed by atoms with Gasteiger partial charge in [-0.15, -0.1) is 0 Å². The predicted molar refractivity (Wildman–Crippen MR) is 130 cm³/mol. The van der Waals surface area contributed by atoms with Gasteiger partial charge in [0.1, 0.15) is 23.0 Å². The SMILES string of the molecule is Oc1ccc(NCc2cc(Cc3ccc(O)c(CNc4ccc(O)cc4)c3)ccc2O)cc1. The van der Waals surface area contributed by atoms with Gasteiger partial charge in [0, 0.05) is 35.6 Å². The van der Waals surface area contributed by atoms with Crippen molar-refractivity contribution in [2.45, 2.75) is 19.5 Å². The van der Waals surface area contributed by atoms with Gasteiger partial charge in [-0.05, 0) is 90.3 Å². The lowest BCUT2D eigenvalue weighted by Crippen LogP contribution is -2.02. The van der Waals surface area contributed by atoms with Gasteiger partial charge in [0.25, 0.3) is 0 Å². The van der Waals surface area contributed by atoms with Crippen LogP contribution in [0.4, 0.5) is 11.4 Å². The third kappa shape index (κ3) is 5.89. The molecule has 6 heteroatoms. The van der Waals surface area contributed by atoms with Crippen LogP contribution in [0, 0.1) is 0 Å². The molecule has 0 aromatic heterocycles. The number of anilines is 2. The van der Waals surface area contributed by atoms with E-state index in [0.717, 1.165) is 33.6 Å². The summed E-state index contributed by atoms with van der Waals surface area (Å²) in [6, 6.07) is 24.6. The summed E-state index contributed by atoms with van der Waals surface area (Å²) in [7, 11) is 0. The van der Waals surface area contributed by atoms with Crippen molar-refractivity contribution in [1.82, 2.24) is 0 Å². The van der Waals surface area contributed by atoms with Gasteiger partial charge < -0.3 is 31.1 Å². The van der Waals surface area contributed by atoms with Crippen LogP contribution in [-0.2, 0) is 19.5 Å². The molecule has 0 spiro atoms. The lowest BCUT2D eigenvalue weighted by molar-refractivity contribution is 0.468. The van der Waals surface area contributed by atoms with E-state index in [2.05, 4.69) is 10.6 Å². The minimum atomic E-state index is 0.205. The molecular weight excluding hydrogens is 416 g/mol. The molecule has 4 aromatic carbocycles. The molecule has 6 N–H and O–H groups in total. The van der Waals surface area contributed by atoms with E-state index in [9.17, 15) is 20.4 Å². The zero-order chi connectivity index (χ0) is 23.2. The first-order valence-electron chi connectivity index (χ1n) is 10.6. The number of hydrogen-bond acceptors (Lipinski definition) is 6. The molecule has 0 bridgehead atoms. The number of aromatic hydroxyl groups is 4. The summed E-state index contributed by atoms with van der Waals surface area (Å²) in [6.45, 7) is 0.893. The van der Waals surface area contributed by atoms with Crippen LogP contribution in [0.25, 0.3) is 0 Å². The van der Waals surface area contributed by atoms with Gasteiger partial charge in [-0.1, -0.05) is 12.1 Å². The van der Waals surface area contributed by atoms with Gasteiger partial charge >= 0.3 is 0 Å². The molecule has 4 aromatic rings. The van der Waals surface area contributed by atoms with Gasteiger partial charge in [-0.25, -0.2) is 0 Å². The second kappa shape index (κ2) is 9.87. The third-order valence-electron chi connectivity index (χ3n) is 5.40. The number of nitrogens with one attached hydrogen (secondary N) is 2. The van der Waals surface area contributed by atoms with Crippen LogP contribution < -0.4 is 10.6 Å². The highest BCUT2D eigenvalue weighted by molar-refractivity contribution is 5.50. The number of phenolic OH excluding ortho intramolecular Hbond substituents is 4. The maximum absolute atomic E-state index is 10.3. The Hall–Kier alpha value is -4.32. The Morgan fingerprint density at radius 3 is 1.27 bits per heavy atom. The molecule has 0 atom stereocenters. The van der Waals surface area contributed by atoms with Gasteiger partial charge in [-0.3, -0.25) is 0 Å². The van der Waals surface area contributed by atoms with Crippen molar-refractivity contribution in [3.05, 3.63) is 107 Å². The highest BCUT2D eigenvalue weighted by Crippen LogP contribution is 2.25. The van der Waals surface area contributed by atoms with Gasteiger partial charge in [0.15, 0.2) is 0 Å². The summed E-state index contributed by atoms with van der Waals surface area (Å²) < 4.78 is 0. The molecule has 0 saturated carbocycles. The van der Waals surface area contributed by atoms with E-state index >= 15 is 0 Å². The van der Waals surface area contributed by atoms with Crippen molar-refractivity contribution < 1.29 is 20.4 Å². The van der Waals surface area contributed by atoms with Crippen LogP contribution in [0.1, 0.15) is 22.3 Å². The van der Waals surface area contributed by atoms with Crippen molar-refractivity contribution in [1.29, 1.82) is 0 Å². The Labute approximate surface area is 192 Å². The smallest absolute Gasteiger partial charge is 0.120 e. The molecule has 168 valence electrons. The van der Waals surface area contributed by atoms with Crippen LogP contribution >= 0.6 is 0 Å². The number of benzene rings is 4. The van der Waals surface area contributed by atoms with Crippen molar-refractivity contribution >= 4 is 11.4 Å². The quantitative estimate of drug-likeness (QED) is 0.206. The van der Waals surface area contributed by atoms with Gasteiger partial charge in [0.2, 0.25) is 0 Å². The van der Waals surface area contributed by atoms with Crippen LogP contribution in [0.3, 0.4) is 0 Å². The summed E-state index contributed by atoms with van der Waals surface area (Å²) in [5.41, 5.74) is 5.32. The van der Waals surface area contributed by atoms with E-state index in [-0.39, 0.29) is 23.0 Å². The normalized spacial score (nSPS) is 10.7. The summed E-state index contributed by atoms with van der Waals surface area (Å²) >= 11 is 0. The van der Waals surface area contributed by atoms with Crippen LogP contribution in [-0.4, -0.2) is 20.4 Å². The van der Waals surface area contributed by atoms with E-state index in [1.54, 1.807) is 60.7 Å². The van der Waals surface area contributed by atoms with Crippen molar-refractivity contribution in [3.63, 3.8) is 0 Å². The molecule has 6 nitrogen and oxygen atoms in total. The molecular formula is C27H26N2O4. The van der Waals surface area contributed by atoms with E-state index in [0.29, 0.717) is 19.5 Å². The second-order valence-corrected chi connectivity index (χ2v) is 7.90. The average Bonchev–Trinajstić information content (AvgIpc) is 2.82. The number of rotatable bonds is 8. The standard InChI is InChI=1S/C27H26N2O4/c30-24-7-3-22(4-8-24)28-16-20-14-18(1-11-26(20)32)13-19-2-12-27(33)21(15-19)17-29-23-5-9-25(31)10-6-23/h1-12,14-15,28-33H,13,16-17H2. The van der Waals surface area contributed by atoms with Crippen LogP contribution in [0.2, 0.25) is 0 Å². The molecule has 4 rings (SSSR count). The first-order chi connectivity index (χ1) is 16.0. The molecule has 0 amide bonds. The zero-order valence-electron chi connectivity index (χ0n) is 18.0. The largest absolute Gasteiger partial charge is 0.508 e. The maximum atomic E-state index is 10.3. The van der Waals surface area contributed by atoms with Crippen LogP contribution in [0.5, 0.6) is 23.0 Å². The fraction of sp³-hybridized carbons (Fsp3) is 0.111. The maximum Gasteiger partial charge on any atom is 0.120 e. The van der Waals surface area contributed by atoms with E-state index in [4.69, 9.17) is 0 Å². The molecule has 0 aliphatic heterocycles. The predicted octanol–water partition coefficient (Wildman–Crippen LogP) is 5.32. The highest BCUT2D eigenvalue weighted by Gasteiger charge is 2.07. The highest BCUT2D eigenvalue weighted by atomic mass is 16.3. The number of hydrogen-bond donors (Lipinski definition) is 6. The Morgan fingerprint density at radius 2 is 0.879 bits per heavy atom. The van der Waals surface area contributed by atoms with E-state index < -0.39 is 0 Å². The molecule has 0 aliphatic rings. The van der Waals surface area contributed by atoms with Crippen molar-refractivity contribution in [2.75, 3.05) is 10.6 Å². The minimum absolute atomic E-state index is 0.205. The molecule has 0 unspecified atom stereocenters. The Balaban J connectivity index is 1.43. The summed E-state index contributed by atoms with van der Waals surface area (Å²) in [4.78, 5) is 0. The number of phenols is 4. The summed E-state index contributed by atoms with van der Waals surface area (Å²) in [5, 5.41) is 45.8. The molecule has 33 heavy (non-hydrogen) atoms. The molecule has 0 radical (unpaired) electrons. The first kappa shape index (κ1) is 21.9. The Morgan fingerprint density at radius 1 is 0.485 bits per heavy atom. The summed E-state index contributed by atoms with van der Waals surface area (Å²) in [6.07, 6.45) is 0.652. The van der Waals surface area contributed by atoms with Crippen molar-refractivity contribution in [3.8, 4) is 23.0 Å². The van der Waals surface area contributed by atoms with Gasteiger partial charge in [-0.2, -0.15) is 0 Å². The van der Waals surface area contributed by atoms with Crippen molar-refractivity contribution in [2.24, 2.45) is 0 Å². The minimum Gasteiger partial charge on any atom is -0.508 e. The Bertz CT molecular complexity index is 1130. The summed E-state index contributed by atoms with van der Waals surface area (Å²) in [5.74, 6) is 0.845. The van der Waals surface area contributed by atoms with Gasteiger partial charge in [0.05, 0.1) is 0 Å². The zero-order valence-corrected chi connectivity index (χ0v) is 18.0. The third-order valence-corrected chi connectivity index (χ3v) is 5.40. The fourth-order valence-electron chi connectivity index (χ4n) is 3.57. The molecule has 0 fully saturated rings. The van der Waals surface area contributed by atoms with E-state index in [1.165, 1.54) is 0 Å². The molecule has 0 heterocycles. The lowest BCUT2D eigenvalue weighted by atomic mass is 10.00. The second-order valence-electron chi connectivity index (χ2n) is 7.90. The molecule has 0 saturated heterocycles. The Kier molecular flexibility index (Phi) is 6.55. The monoisotopic (exact) mass is 442 g/mol. The van der Waals surface area contributed by atoms with Crippen LogP contribution in [0.15, 0.2) is 84.9 Å². The topological polar surface area (TPSA) is 105 Å². The molecule has 0 aliphatic carbocycles.